The summed E-state index contributed by atoms with van der Waals surface area (Å²) >= 11 is 0. The minimum atomic E-state index is -0.0406. The summed E-state index contributed by atoms with van der Waals surface area (Å²) in [5.74, 6) is 0.548. The summed E-state index contributed by atoms with van der Waals surface area (Å²) in [5, 5.41) is 12.6. The van der Waals surface area contributed by atoms with Crippen molar-refractivity contribution in [3.8, 4) is 0 Å². The van der Waals surface area contributed by atoms with Crippen LogP contribution in [0.2, 0.25) is 0 Å². The highest BCUT2D eigenvalue weighted by atomic mass is 16.3. The van der Waals surface area contributed by atoms with E-state index < -0.39 is 0 Å². The first kappa shape index (κ1) is 8.02. The number of unbranched alkanes of at least 4 members (excludes halogenated alkanes) is 1. The van der Waals surface area contributed by atoms with E-state index in [2.05, 4.69) is 12.2 Å². The predicted molar refractivity (Wildman–Crippen MR) is 41.9 cm³/mol. The van der Waals surface area contributed by atoms with Crippen molar-refractivity contribution in [1.82, 2.24) is 5.32 Å². The van der Waals surface area contributed by atoms with E-state index in [9.17, 15) is 5.11 Å². The van der Waals surface area contributed by atoms with Gasteiger partial charge in [-0.1, -0.05) is 19.8 Å². The third-order valence-electron chi connectivity index (χ3n) is 2.21. The summed E-state index contributed by atoms with van der Waals surface area (Å²) < 4.78 is 0. The molecule has 1 saturated heterocycles. The van der Waals surface area contributed by atoms with E-state index in [1.54, 1.807) is 0 Å². The Morgan fingerprint density at radius 1 is 1.60 bits per heavy atom. The van der Waals surface area contributed by atoms with E-state index in [1.807, 2.05) is 0 Å². The molecule has 0 saturated carbocycles. The van der Waals surface area contributed by atoms with Gasteiger partial charge < -0.3 is 10.4 Å². The molecule has 0 bridgehead atoms. The summed E-state index contributed by atoms with van der Waals surface area (Å²) in [6.07, 6.45) is 3.30. The molecule has 0 amide bonds. The van der Waals surface area contributed by atoms with Crippen LogP contribution in [-0.2, 0) is 0 Å². The number of aliphatic hydroxyl groups is 1. The van der Waals surface area contributed by atoms with E-state index in [4.69, 9.17) is 0 Å². The molecule has 1 fully saturated rings. The van der Waals surface area contributed by atoms with Crippen molar-refractivity contribution in [2.75, 3.05) is 13.1 Å². The summed E-state index contributed by atoms with van der Waals surface area (Å²) in [5.41, 5.74) is 0. The maximum Gasteiger partial charge on any atom is 0.0592 e. The van der Waals surface area contributed by atoms with Gasteiger partial charge in [-0.2, -0.15) is 0 Å². The van der Waals surface area contributed by atoms with Crippen molar-refractivity contribution in [3.05, 3.63) is 0 Å². The molecule has 2 heteroatoms. The Labute approximate surface area is 62.6 Å². The van der Waals surface area contributed by atoms with Crippen LogP contribution in [0.15, 0.2) is 0 Å². The Bertz CT molecular complexity index is 91.3. The fourth-order valence-corrected chi connectivity index (χ4v) is 1.23. The second kappa shape index (κ2) is 3.94. The number of aliphatic hydroxyl groups excluding tert-OH is 1. The molecule has 0 radical (unpaired) electrons. The molecule has 60 valence electrons. The van der Waals surface area contributed by atoms with Crippen LogP contribution in [0, 0.1) is 5.92 Å². The molecule has 0 aliphatic carbocycles. The first-order valence-electron chi connectivity index (χ1n) is 4.23. The van der Waals surface area contributed by atoms with Gasteiger partial charge in [0.2, 0.25) is 0 Å². The first-order chi connectivity index (χ1) is 4.84. The van der Waals surface area contributed by atoms with Crippen LogP contribution < -0.4 is 5.32 Å². The molecule has 2 nitrogen and oxygen atoms in total. The van der Waals surface area contributed by atoms with Gasteiger partial charge in [0.1, 0.15) is 0 Å². The predicted octanol–water partition coefficient (Wildman–Crippen LogP) is 0.757. The molecular weight excluding hydrogens is 126 g/mol. The number of rotatable bonds is 4. The molecule has 1 heterocycles. The van der Waals surface area contributed by atoms with Crippen LogP contribution in [0.5, 0.6) is 0 Å². The lowest BCUT2D eigenvalue weighted by atomic mass is 9.93. The van der Waals surface area contributed by atoms with Crippen LogP contribution in [0.3, 0.4) is 0 Å². The number of hydrogen-bond acceptors (Lipinski definition) is 2. The van der Waals surface area contributed by atoms with Crippen LogP contribution in [0.1, 0.15) is 26.2 Å². The maximum atomic E-state index is 9.46. The molecule has 0 aromatic heterocycles. The van der Waals surface area contributed by atoms with E-state index in [0.29, 0.717) is 5.92 Å². The second-order valence-corrected chi connectivity index (χ2v) is 3.13. The Morgan fingerprint density at radius 3 is 2.70 bits per heavy atom. The minimum Gasteiger partial charge on any atom is -0.393 e. The molecule has 1 rings (SSSR count). The van der Waals surface area contributed by atoms with Crippen molar-refractivity contribution >= 4 is 0 Å². The van der Waals surface area contributed by atoms with Crippen LogP contribution >= 0.6 is 0 Å². The quantitative estimate of drug-likeness (QED) is 0.609. The van der Waals surface area contributed by atoms with Crippen molar-refractivity contribution in [2.24, 2.45) is 5.92 Å². The number of hydrogen-bond donors (Lipinski definition) is 2. The lowest BCUT2D eigenvalue weighted by Crippen LogP contribution is -2.48. The molecule has 2 N–H and O–H groups in total. The summed E-state index contributed by atoms with van der Waals surface area (Å²) in [4.78, 5) is 0. The van der Waals surface area contributed by atoms with E-state index in [0.717, 1.165) is 25.9 Å². The van der Waals surface area contributed by atoms with Gasteiger partial charge in [0.25, 0.3) is 0 Å². The Morgan fingerprint density at radius 2 is 2.30 bits per heavy atom. The SMILES string of the molecule is CCCCC(O)C1CNC1. The summed E-state index contributed by atoms with van der Waals surface area (Å²) in [7, 11) is 0. The van der Waals surface area contributed by atoms with E-state index >= 15 is 0 Å². The topological polar surface area (TPSA) is 32.3 Å². The van der Waals surface area contributed by atoms with Crippen molar-refractivity contribution < 1.29 is 5.11 Å². The van der Waals surface area contributed by atoms with Gasteiger partial charge in [-0.15, -0.1) is 0 Å². The van der Waals surface area contributed by atoms with Gasteiger partial charge in [0.05, 0.1) is 6.10 Å². The molecule has 1 aliphatic heterocycles. The van der Waals surface area contributed by atoms with Crippen LogP contribution in [0.4, 0.5) is 0 Å². The normalized spacial score (nSPS) is 22.2. The van der Waals surface area contributed by atoms with E-state index in [-0.39, 0.29) is 6.10 Å². The van der Waals surface area contributed by atoms with Crippen molar-refractivity contribution in [3.63, 3.8) is 0 Å². The second-order valence-electron chi connectivity index (χ2n) is 3.13. The summed E-state index contributed by atoms with van der Waals surface area (Å²) in [6.45, 7) is 4.20. The highest BCUT2D eigenvalue weighted by molar-refractivity contribution is 4.80. The Balaban J connectivity index is 2.02. The monoisotopic (exact) mass is 143 g/mol. The fraction of sp³-hybridized carbons (Fsp3) is 1.00. The molecule has 0 aromatic carbocycles. The van der Waals surface area contributed by atoms with Gasteiger partial charge in [0.15, 0.2) is 0 Å². The first-order valence-corrected chi connectivity index (χ1v) is 4.23. The third kappa shape index (κ3) is 1.96. The van der Waals surface area contributed by atoms with Crippen LogP contribution in [-0.4, -0.2) is 24.3 Å². The average Bonchev–Trinajstić information content (AvgIpc) is 1.79. The lowest BCUT2D eigenvalue weighted by molar-refractivity contribution is 0.0677. The highest BCUT2D eigenvalue weighted by Gasteiger charge is 2.24. The zero-order valence-corrected chi connectivity index (χ0v) is 6.64. The molecule has 10 heavy (non-hydrogen) atoms. The van der Waals surface area contributed by atoms with Gasteiger partial charge >= 0.3 is 0 Å². The van der Waals surface area contributed by atoms with Gasteiger partial charge in [-0.25, -0.2) is 0 Å². The largest absolute Gasteiger partial charge is 0.393 e. The molecule has 1 unspecified atom stereocenters. The third-order valence-corrected chi connectivity index (χ3v) is 2.21. The number of nitrogens with one attached hydrogen (secondary N) is 1. The molecule has 0 spiro atoms. The zero-order valence-electron chi connectivity index (χ0n) is 6.64. The molecule has 1 atom stereocenters. The maximum absolute atomic E-state index is 9.46. The van der Waals surface area contributed by atoms with E-state index in [1.165, 1.54) is 6.42 Å². The van der Waals surface area contributed by atoms with Gasteiger partial charge in [0, 0.05) is 19.0 Å². The zero-order chi connectivity index (χ0) is 7.40. The Hall–Kier alpha value is -0.0800. The smallest absolute Gasteiger partial charge is 0.0592 e. The molecule has 1 aliphatic rings. The van der Waals surface area contributed by atoms with Crippen molar-refractivity contribution in [1.29, 1.82) is 0 Å². The fourth-order valence-electron chi connectivity index (χ4n) is 1.23. The average molecular weight is 143 g/mol. The lowest BCUT2D eigenvalue weighted by Gasteiger charge is -2.31. The molecular formula is C8H17NO. The standard InChI is InChI=1S/C8H17NO/c1-2-3-4-8(10)7-5-9-6-7/h7-10H,2-6H2,1H3. The highest BCUT2D eigenvalue weighted by Crippen LogP contribution is 2.14. The molecule has 0 aromatic rings. The van der Waals surface area contributed by atoms with Crippen LogP contribution in [0.25, 0.3) is 0 Å². The van der Waals surface area contributed by atoms with Crippen molar-refractivity contribution in [2.45, 2.75) is 32.3 Å². The van der Waals surface area contributed by atoms with Gasteiger partial charge in [-0.05, 0) is 6.42 Å². The Kier molecular flexibility index (Phi) is 3.16. The minimum absolute atomic E-state index is 0.0406. The van der Waals surface area contributed by atoms with Gasteiger partial charge in [-0.3, -0.25) is 0 Å². The summed E-state index contributed by atoms with van der Waals surface area (Å²) in [6, 6.07) is 0.